The predicted octanol–water partition coefficient (Wildman–Crippen LogP) is 2.77. The number of nitrogens with two attached hydrogens (primary N) is 1. The van der Waals surface area contributed by atoms with Gasteiger partial charge in [-0.15, -0.1) is 24.0 Å². The average Bonchev–Trinajstić information content (AvgIpc) is 2.47. The molecule has 1 unspecified atom stereocenters. The molecule has 6 heteroatoms. The molecule has 0 saturated heterocycles. The molecule has 1 aromatic carbocycles. The molecule has 0 radical (unpaired) electrons. The fourth-order valence-corrected chi connectivity index (χ4v) is 2.12. The molecule has 0 amide bonds. The highest BCUT2D eigenvalue weighted by molar-refractivity contribution is 14.0. The number of hydrogen-bond acceptors (Lipinski definition) is 3. The van der Waals surface area contributed by atoms with E-state index in [1.807, 2.05) is 24.3 Å². The Hall–Kier alpha value is -1.02. The normalized spacial score (nSPS) is 12.7. The first-order chi connectivity index (χ1) is 9.62. The van der Waals surface area contributed by atoms with Crippen molar-refractivity contribution in [3.8, 4) is 5.75 Å². The lowest BCUT2D eigenvalue weighted by Gasteiger charge is -2.24. The SMILES string of the molecule is CCN(CC)C(C)CN=C(N)Nc1ccccc1OC.I. The Morgan fingerprint density at radius 1 is 1.33 bits per heavy atom. The number of nitrogens with one attached hydrogen (secondary N) is 1. The van der Waals surface area contributed by atoms with Crippen LogP contribution < -0.4 is 15.8 Å². The van der Waals surface area contributed by atoms with Gasteiger partial charge in [0.15, 0.2) is 5.96 Å². The second kappa shape index (κ2) is 10.7. The number of para-hydroxylation sites is 2. The summed E-state index contributed by atoms with van der Waals surface area (Å²) in [6.07, 6.45) is 0. The van der Waals surface area contributed by atoms with Gasteiger partial charge >= 0.3 is 0 Å². The molecule has 0 spiro atoms. The molecule has 0 saturated carbocycles. The minimum absolute atomic E-state index is 0. The second-order valence-electron chi connectivity index (χ2n) is 4.62. The van der Waals surface area contributed by atoms with Gasteiger partial charge in [-0.05, 0) is 32.1 Å². The molecule has 5 nitrogen and oxygen atoms in total. The number of halogens is 1. The number of anilines is 1. The summed E-state index contributed by atoms with van der Waals surface area (Å²) in [5.41, 5.74) is 6.75. The maximum atomic E-state index is 5.93. The van der Waals surface area contributed by atoms with E-state index in [2.05, 4.69) is 36.0 Å². The van der Waals surface area contributed by atoms with Gasteiger partial charge in [0.05, 0.1) is 19.3 Å². The van der Waals surface area contributed by atoms with Crippen molar-refractivity contribution in [2.24, 2.45) is 10.7 Å². The summed E-state index contributed by atoms with van der Waals surface area (Å²) in [5.74, 6) is 1.16. The molecule has 3 N–H and O–H groups in total. The number of benzene rings is 1. The van der Waals surface area contributed by atoms with Gasteiger partial charge < -0.3 is 15.8 Å². The standard InChI is InChI=1S/C15H26N4O.HI/c1-5-19(6-2)12(3)11-17-15(16)18-13-9-7-8-10-14(13)20-4;/h7-10,12H,5-6,11H2,1-4H3,(H3,16,17,18);1H. The van der Waals surface area contributed by atoms with Crippen molar-refractivity contribution in [1.29, 1.82) is 0 Å². The van der Waals surface area contributed by atoms with Gasteiger partial charge in [0.1, 0.15) is 5.75 Å². The molecule has 0 aliphatic heterocycles. The van der Waals surface area contributed by atoms with E-state index in [0.717, 1.165) is 24.5 Å². The van der Waals surface area contributed by atoms with E-state index in [-0.39, 0.29) is 24.0 Å². The molecule has 0 aliphatic carbocycles. The highest BCUT2D eigenvalue weighted by Crippen LogP contribution is 2.22. The summed E-state index contributed by atoms with van der Waals surface area (Å²) in [5, 5.41) is 3.08. The van der Waals surface area contributed by atoms with Crippen LogP contribution in [0.5, 0.6) is 5.75 Å². The van der Waals surface area contributed by atoms with Crippen molar-refractivity contribution in [1.82, 2.24) is 4.90 Å². The lowest BCUT2D eigenvalue weighted by atomic mass is 10.3. The zero-order chi connectivity index (χ0) is 15.0. The molecule has 0 aromatic heterocycles. The van der Waals surface area contributed by atoms with Gasteiger partial charge in [-0.2, -0.15) is 0 Å². The van der Waals surface area contributed by atoms with E-state index < -0.39 is 0 Å². The summed E-state index contributed by atoms with van der Waals surface area (Å²) in [6, 6.07) is 8.02. The Bertz CT molecular complexity index is 435. The molecule has 1 rings (SSSR count). The van der Waals surface area contributed by atoms with Gasteiger partial charge in [-0.1, -0.05) is 26.0 Å². The quantitative estimate of drug-likeness (QED) is 0.415. The van der Waals surface area contributed by atoms with Crippen LogP contribution in [0.3, 0.4) is 0 Å². The van der Waals surface area contributed by atoms with Crippen LogP contribution >= 0.6 is 24.0 Å². The number of ether oxygens (including phenoxy) is 1. The molecule has 1 aromatic rings. The highest BCUT2D eigenvalue weighted by Gasteiger charge is 2.09. The minimum atomic E-state index is 0. The fourth-order valence-electron chi connectivity index (χ4n) is 2.12. The fraction of sp³-hybridized carbons (Fsp3) is 0.533. The first kappa shape index (κ1) is 20.0. The van der Waals surface area contributed by atoms with Crippen LogP contribution in [0.2, 0.25) is 0 Å². The minimum Gasteiger partial charge on any atom is -0.495 e. The van der Waals surface area contributed by atoms with Crippen LogP contribution in [0.15, 0.2) is 29.3 Å². The Balaban J connectivity index is 0.00000400. The Kier molecular flexibility index (Phi) is 10.2. The molecular formula is C15H27IN4O. The van der Waals surface area contributed by atoms with Gasteiger partial charge in [-0.25, -0.2) is 0 Å². The van der Waals surface area contributed by atoms with Crippen LogP contribution in [0.25, 0.3) is 0 Å². The molecule has 0 aliphatic rings. The Morgan fingerprint density at radius 3 is 2.52 bits per heavy atom. The van der Waals surface area contributed by atoms with E-state index >= 15 is 0 Å². The van der Waals surface area contributed by atoms with Crippen LogP contribution in [-0.4, -0.2) is 43.6 Å². The first-order valence-electron chi connectivity index (χ1n) is 7.06. The number of hydrogen-bond donors (Lipinski definition) is 2. The van der Waals surface area contributed by atoms with Crippen molar-refractivity contribution in [2.75, 3.05) is 32.1 Å². The number of guanidine groups is 1. The van der Waals surface area contributed by atoms with Crippen molar-refractivity contribution in [2.45, 2.75) is 26.8 Å². The van der Waals surface area contributed by atoms with Crippen LogP contribution in [0.4, 0.5) is 5.69 Å². The largest absolute Gasteiger partial charge is 0.495 e. The Labute approximate surface area is 145 Å². The van der Waals surface area contributed by atoms with Gasteiger partial charge in [0, 0.05) is 6.04 Å². The average molecular weight is 406 g/mol. The summed E-state index contributed by atoms with van der Waals surface area (Å²) in [6.45, 7) is 9.18. The third-order valence-electron chi connectivity index (χ3n) is 3.33. The number of rotatable bonds is 7. The van der Waals surface area contributed by atoms with Crippen molar-refractivity contribution in [3.05, 3.63) is 24.3 Å². The van der Waals surface area contributed by atoms with E-state index in [4.69, 9.17) is 10.5 Å². The van der Waals surface area contributed by atoms with E-state index in [9.17, 15) is 0 Å². The van der Waals surface area contributed by atoms with E-state index in [1.165, 1.54) is 0 Å². The molecule has 120 valence electrons. The zero-order valence-corrected chi connectivity index (χ0v) is 15.6. The molecule has 21 heavy (non-hydrogen) atoms. The van der Waals surface area contributed by atoms with Gasteiger partial charge in [0.25, 0.3) is 0 Å². The van der Waals surface area contributed by atoms with Crippen LogP contribution in [0.1, 0.15) is 20.8 Å². The van der Waals surface area contributed by atoms with E-state index in [1.54, 1.807) is 7.11 Å². The topological polar surface area (TPSA) is 62.9 Å². The molecule has 0 fully saturated rings. The summed E-state index contributed by atoms with van der Waals surface area (Å²) in [7, 11) is 1.64. The van der Waals surface area contributed by atoms with E-state index in [0.29, 0.717) is 18.5 Å². The van der Waals surface area contributed by atoms with Gasteiger partial charge in [-0.3, -0.25) is 9.89 Å². The van der Waals surface area contributed by atoms with Crippen molar-refractivity contribution < 1.29 is 4.74 Å². The van der Waals surface area contributed by atoms with Crippen LogP contribution in [0, 0.1) is 0 Å². The molecule has 1 atom stereocenters. The van der Waals surface area contributed by atoms with Crippen LogP contribution in [-0.2, 0) is 0 Å². The maximum Gasteiger partial charge on any atom is 0.193 e. The lowest BCUT2D eigenvalue weighted by molar-refractivity contribution is 0.237. The number of nitrogens with zero attached hydrogens (tertiary/aromatic N) is 2. The third-order valence-corrected chi connectivity index (χ3v) is 3.33. The smallest absolute Gasteiger partial charge is 0.193 e. The molecule has 0 heterocycles. The third kappa shape index (κ3) is 6.52. The van der Waals surface area contributed by atoms with Crippen molar-refractivity contribution >= 4 is 35.6 Å². The lowest BCUT2D eigenvalue weighted by Crippen LogP contribution is -2.36. The molecule has 0 bridgehead atoms. The number of methoxy groups -OCH3 is 1. The summed E-state index contributed by atoms with van der Waals surface area (Å²) in [4.78, 5) is 6.74. The monoisotopic (exact) mass is 406 g/mol. The number of aliphatic imine (C=N–C) groups is 1. The second-order valence-corrected chi connectivity index (χ2v) is 4.62. The van der Waals surface area contributed by atoms with Crippen molar-refractivity contribution in [3.63, 3.8) is 0 Å². The Morgan fingerprint density at radius 2 is 1.95 bits per heavy atom. The summed E-state index contributed by atoms with van der Waals surface area (Å²) < 4.78 is 5.26. The summed E-state index contributed by atoms with van der Waals surface area (Å²) >= 11 is 0. The highest BCUT2D eigenvalue weighted by atomic mass is 127. The van der Waals surface area contributed by atoms with Gasteiger partial charge in [0.2, 0.25) is 0 Å². The zero-order valence-electron chi connectivity index (χ0n) is 13.3. The maximum absolute atomic E-state index is 5.93. The molecular weight excluding hydrogens is 379 g/mol. The number of likely N-dealkylation sites (N-methyl/N-ethyl adjacent to an activating group) is 1. The predicted molar refractivity (Wildman–Crippen MR) is 101 cm³/mol. The first-order valence-corrected chi connectivity index (χ1v) is 7.06.